The zero-order valence-corrected chi connectivity index (χ0v) is 27.0. The standard InChI is InChI=1S/C32H40FN3O4SSi/c1-22-8-7-16-35(22)25-10-9-23(28(33)19-25)18-30(37)36(26-14-17-41(38,39)21-26)20-24-13-15-34-31-27(24)11-12-29(31)40-42(5,6)32(2,3)4/h7-10,13-17,19,26,29H,11-12,18,20-21H2,1-6H3. The number of benzene rings is 1. The van der Waals surface area contributed by atoms with Crippen molar-refractivity contribution in [3.63, 3.8) is 0 Å². The van der Waals surface area contributed by atoms with E-state index in [1.54, 1.807) is 29.3 Å². The van der Waals surface area contributed by atoms with Gasteiger partial charge in [0.1, 0.15) is 5.82 Å². The van der Waals surface area contributed by atoms with Gasteiger partial charge in [0.2, 0.25) is 5.91 Å². The second kappa shape index (κ2) is 11.2. The minimum atomic E-state index is -3.42. The molecule has 0 radical (unpaired) electrons. The number of aryl methyl sites for hydroxylation is 1. The SMILES string of the molecule is Cc1cccn1-c1ccc(CC(=O)N(Cc2ccnc3c2CCC3O[Si](C)(C)C(C)(C)C)C2C=CS(=O)(=O)C2)c(F)c1. The lowest BCUT2D eigenvalue weighted by Gasteiger charge is -2.38. The Morgan fingerprint density at radius 2 is 1.95 bits per heavy atom. The van der Waals surface area contributed by atoms with E-state index in [1.165, 1.54) is 11.5 Å². The van der Waals surface area contributed by atoms with Gasteiger partial charge in [0.25, 0.3) is 0 Å². The Hall–Kier alpha value is -3.08. The van der Waals surface area contributed by atoms with Gasteiger partial charge in [-0.3, -0.25) is 9.78 Å². The van der Waals surface area contributed by atoms with Crippen molar-refractivity contribution in [3.8, 4) is 5.69 Å². The van der Waals surface area contributed by atoms with Gasteiger partial charge >= 0.3 is 0 Å². The van der Waals surface area contributed by atoms with Gasteiger partial charge in [-0.1, -0.05) is 26.8 Å². The molecule has 0 N–H and O–H groups in total. The first kappa shape index (κ1) is 30.4. The van der Waals surface area contributed by atoms with E-state index >= 15 is 4.39 Å². The van der Waals surface area contributed by atoms with Gasteiger partial charge in [0.05, 0.1) is 30.0 Å². The topological polar surface area (TPSA) is 81.5 Å². The number of carbonyl (C=O) groups is 1. The molecule has 42 heavy (non-hydrogen) atoms. The van der Waals surface area contributed by atoms with Crippen molar-refractivity contribution in [1.29, 1.82) is 0 Å². The third kappa shape index (κ3) is 6.16. The fraction of sp³-hybridized carbons (Fsp3) is 0.438. The fourth-order valence-corrected chi connectivity index (χ4v) is 8.09. The second-order valence-corrected chi connectivity index (χ2v) is 19.6. The molecule has 1 amide bonds. The van der Waals surface area contributed by atoms with Crippen LogP contribution < -0.4 is 0 Å². The lowest BCUT2D eigenvalue weighted by Crippen LogP contribution is -2.42. The van der Waals surface area contributed by atoms with Crippen molar-refractivity contribution in [3.05, 3.63) is 94.2 Å². The smallest absolute Gasteiger partial charge is 0.227 e. The molecule has 3 aromatic rings. The zero-order valence-electron chi connectivity index (χ0n) is 25.2. The van der Waals surface area contributed by atoms with Gasteiger partial charge in [-0.25, -0.2) is 12.8 Å². The Balaban J connectivity index is 1.41. The van der Waals surface area contributed by atoms with E-state index in [1.807, 2.05) is 35.9 Å². The van der Waals surface area contributed by atoms with Crippen LogP contribution in [0.25, 0.3) is 5.69 Å². The van der Waals surface area contributed by atoms with Crippen LogP contribution >= 0.6 is 0 Å². The molecule has 0 saturated heterocycles. The van der Waals surface area contributed by atoms with Crippen molar-refractivity contribution < 1.29 is 22.0 Å². The van der Waals surface area contributed by atoms with Crippen LogP contribution in [0.4, 0.5) is 4.39 Å². The number of aromatic nitrogens is 2. The number of hydrogen-bond donors (Lipinski definition) is 0. The Morgan fingerprint density at radius 1 is 1.19 bits per heavy atom. The van der Waals surface area contributed by atoms with Gasteiger partial charge in [0, 0.05) is 35.7 Å². The van der Waals surface area contributed by atoms with Gasteiger partial charge < -0.3 is 13.9 Å². The number of sulfone groups is 1. The number of halogens is 1. The summed E-state index contributed by atoms with van der Waals surface area (Å²) in [6.07, 6.45) is 6.47. The predicted octanol–water partition coefficient (Wildman–Crippen LogP) is 6.21. The van der Waals surface area contributed by atoms with Crippen molar-refractivity contribution >= 4 is 24.1 Å². The van der Waals surface area contributed by atoms with E-state index in [9.17, 15) is 13.2 Å². The zero-order chi connectivity index (χ0) is 30.4. The fourth-order valence-electron chi connectivity index (χ4n) is 5.50. The highest BCUT2D eigenvalue weighted by Crippen LogP contribution is 2.43. The van der Waals surface area contributed by atoms with Gasteiger partial charge in [-0.15, -0.1) is 0 Å². The first-order valence-corrected chi connectivity index (χ1v) is 19.1. The molecule has 224 valence electrons. The molecule has 0 spiro atoms. The predicted molar refractivity (Wildman–Crippen MR) is 165 cm³/mol. The quantitative estimate of drug-likeness (QED) is 0.284. The summed E-state index contributed by atoms with van der Waals surface area (Å²) in [6.45, 7) is 13.2. The van der Waals surface area contributed by atoms with Crippen molar-refractivity contribution in [2.24, 2.45) is 0 Å². The van der Waals surface area contributed by atoms with E-state index in [0.29, 0.717) is 5.69 Å². The molecule has 10 heteroatoms. The highest BCUT2D eigenvalue weighted by Gasteiger charge is 2.41. The third-order valence-electron chi connectivity index (χ3n) is 8.97. The highest BCUT2D eigenvalue weighted by atomic mass is 32.2. The number of carbonyl (C=O) groups excluding carboxylic acids is 1. The number of fused-ring (bicyclic) bond motifs is 1. The van der Waals surface area contributed by atoms with Crippen LogP contribution in [0.1, 0.15) is 61.4 Å². The van der Waals surface area contributed by atoms with E-state index in [4.69, 9.17) is 4.43 Å². The summed E-state index contributed by atoms with van der Waals surface area (Å²) in [6, 6.07) is 9.96. The summed E-state index contributed by atoms with van der Waals surface area (Å²) in [5.41, 5.74) is 4.80. The molecule has 2 aliphatic rings. The molecule has 0 saturated carbocycles. The lowest BCUT2D eigenvalue weighted by molar-refractivity contribution is -0.132. The summed E-state index contributed by atoms with van der Waals surface area (Å²) >= 11 is 0. The maximum Gasteiger partial charge on any atom is 0.227 e. The first-order chi connectivity index (χ1) is 19.6. The van der Waals surface area contributed by atoms with Crippen LogP contribution in [0.5, 0.6) is 0 Å². The van der Waals surface area contributed by atoms with Gasteiger partial charge in [-0.05, 0) is 91.0 Å². The highest BCUT2D eigenvalue weighted by molar-refractivity contribution is 7.94. The monoisotopic (exact) mass is 609 g/mol. The molecular formula is C32H40FN3O4SSi. The average Bonchev–Trinajstić information content (AvgIpc) is 3.61. The number of nitrogens with zero attached hydrogens (tertiary/aromatic N) is 3. The maximum absolute atomic E-state index is 15.3. The van der Waals surface area contributed by atoms with Crippen molar-refractivity contribution in [2.75, 3.05) is 5.75 Å². The Labute approximate surface area is 249 Å². The van der Waals surface area contributed by atoms with Crippen LogP contribution in [0.2, 0.25) is 18.1 Å². The van der Waals surface area contributed by atoms with Crippen LogP contribution in [0.15, 0.2) is 60.3 Å². The van der Waals surface area contributed by atoms with E-state index in [2.05, 4.69) is 38.8 Å². The third-order valence-corrected chi connectivity index (χ3v) is 14.8. The van der Waals surface area contributed by atoms with E-state index in [-0.39, 0.29) is 41.3 Å². The molecule has 1 aliphatic carbocycles. The number of amides is 1. The summed E-state index contributed by atoms with van der Waals surface area (Å²) in [5.74, 6) is -0.987. The van der Waals surface area contributed by atoms with Gasteiger partial charge in [-0.2, -0.15) is 0 Å². The average molecular weight is 610 g/mol. The van der Waals surface area contributed by atoms with Crippen LogP contribution in [0, 0.1) is 12.7 Å². The summed E-state index contributed by atoms with van der Waals surface area (Å²) < 4.78 is 48.5. The van der Waals surface area contributed by atoms with Gasteiger partial charge in [0.15, 0.2) is 18.2 Å². The number of pyridine rings is 1. The Morgan fingerprint density at radius 3 is 2.57 bits per heavy atom. The molecule has 1 aliphatic heterocycles. The molecule has 7 nitrogen and oxygen atoms in total. The molecule has 3 heterocycles. The Kier molecular flexibility index (Phi) is 8.10. The molecule has 0 fully saturated rings. The van der Waals surface area contributed by atoms with E-state index in [0.717, 1.165) is 35.4 Å². The molecule has 5 rings (SSSR count). The van der Waals surface area contributed by atoms with Crippen molar-refractivity contribution in [1.82, 2.24) is 14.5 Å². The minimum absolute atomic E-state index is 0.0606. The summed E-state index contributed by atoms with van der Waals surface area (Å²) in [7, 11) is -5.45. The first-order valence-electron chi connectivity index (χ1n) is 14.4. The molecular weight excluding hydrogens is 570 g/mol. The van der Waals surface area contributed by atoms with Crippen LogP contribution in [0.3, 0.4) is 0 Å². The molecule has 1 aromatic carbocycles. The maximum atomic E-state index is 15.3. The lowest BCUT2D eigenvalue weighted by atomic mass is 10.0. The molecule has 2 atom stereocenters. The Bertz CT molecular complexity index is 1640. The van der Waals surface area contributed by atoms with Crippen LogP contribution in [-0.2, 0) is 38.4 Å². The van der Waals surface area contributed by atoms with Crippen LogP contribution in [-0.4, -0.2) is 48.9 Å². The summed E-state index contributed by atoms with van der Waals surface area (Å²) in [5, 5.41) is 1.23. The number of hydrogen-bond acceptors (Lipinski definition) is 5. The normalized spacial score (nSPS) is 19.7. The van der Waals surface area contributed by atoms with Crippen molar-refractivity contribution in [2.45, 2.75) is 83.8 Å². The summed E-state index contributed by atoms with van der Waals surface area (Å²) in [4.78, 5) is 20.0. The molecule has 2 unspecified atom stereocenters. The number of rotatable bonds is 8. The molecule has 2 aromatic heterocycles. The largest absolute Gasteiger partial charge is 0.408 e. The molecule has 0 bridgehead atoms. The minimum Gasteiger partial charge on any atom is -0.408 e. The van der Waals surface area contributed by atoms with E-state index < -0.39 is 30.0 Å². The second-order valence-electron chi connectivity index (χ2n) is 13.0.